The fourth-order valence-electron chi connectivity index (χ4n) is 1.50. The Bertz CT molecular complexity index is 191. The number of hydrogen-bond donors (Lipinski definition) is 2. The maximum absolute atomic E-state index is 5.64. The van der Waals surface area contributed by atoms with Crippen molar-refractivity contribution in [1.29, 1.82) is 0 Å². The highest BCUT2D eigenvalue weighted by atomic mass is 16.5. The molecule has 2 atom stereocenters. The fraction of sp³-hybridized carbons (Fsp3) is 0.889. The molecule has 3 N–H and O–H groups in total. The van der Waals surface area contributed by atoms with Crippen LogP contribution in [-0.2, 0) is 4.74 Å². The molecule has 4 nitrogen and oxygen atoms in total. The number of hydrogen-bond acceptors (Lipinski definition) is 3. The maximum atomic E-state index is 5.64. The molecule has 0 aliphatic carbocycles. The van der Waals surface area contributed by atoms with Crippen molar-refractivity contribution in [1.82, 2.24) is 5.43 Å². The molecule has 0 aromatic carbocycles. The molecule has 2 unspecified atom stereocenters. The van der Waals surface area contributed by atoms with Gasteiger partial charge < -0.3 is 10.2 Å². The molecule has 1 aliphatic rings. The Hall–Kier alpha value is -0.610. The molecule has 1 heterocycles. The number of nitrogens with one attached hydrogen (secondary N) is 1. The van der Waals surface area contributed by atoms with Crippen LogP contribution < -0.4 is 11.3 Å². The van der Waals surface area contributed by atoms with Gasteiger partial charge in [-0.05, 0) is 33.6 Å². The average Bonchev–Trinajstić information content (AvgIpc) is 2.47. The van der Waals surface area contributed by atoms with Crippen molar-refractivity contribution >= 4 is 5.84 Å². The number of nitrogens with zero attached hydrogens (tertiary/aromatic N) is 1. The molecule has 76 valence electrons. The minimum absolute atomic E-state index is 0.0717. The molecule has 1 saturated heterocycles. The summed E-state index contributed by atoms with van der Waals surface area (Å²) in [5.74, 6) is 6.16. The van der Waals surface area contributed by atoms with E-state index in [0.29, 0.717) is 6.10 Å². The third-order valence-corrected chi connectivity index (χ3v) is 2.08. The zero-order valence-electron chi connectivity index (χ0n) is 8.58. The summed E-state index contributed by atoms with van der Waals surface area (Å²) in [5.41, 5.74) is 2.62. The summed E-state index contributed by atoms with van der Waals surface area (Å²) in [5, 5.41) is 0. The molecule has 0 bridgehead atoms. The third kappa shape index (κ3) is 2.97. The standard InChI is InChI=1S/C9H19N3O/c1-6(2)11-9(12-10)8-5-4-7(3)13-8/h6-8H,4-5,10H2,1-3H3,(H,11,12). The topological polar surface area (TPSA) is 59.6 Å². The van der Waals surface area contributed by atoms with Crippen molar-refractivity contribution in [3.63, 3.8) is 0 Å². The smallest absolute Gasteiger partial charge is 0.140 e. The van der Waals surface area contributed by atoms with Crippen LogP contribution in [0.2, 0.25) is 0 Å². The van der Waals surface area contributed by atoms with Crippen molar-refractivity contribution in [3.05, 3.63) is 0 Å². The summed E-state index contributed by atoms with van der Waals surface area (Å²) in [4.78, 5) is 4.37. The van der Waals surface area contributed by atoms with Gasteiger partial charge in [-0.2, -0.15) is 0 Å². The lowest BCUT2D eigenvalue weighted by Crippen LogP contribution is -2.40. The lowest BCUT2D eigenvalue weighted by molar-refractivity contribution is 0.0915. The van der Waals surface area contributed by atoms with Gasteiger partial charge in [0, 0.05) is 6.04 Å². The maximum Gasteiger partial charge on any atom is 0.140 e. The van der Waals surface area contributed by atoms with E-state index in [1.807, 2.05) is 13.8 Å². The van der Waals surface area contributed by atoms with Gasteiger partial charge in [0.25, 0.3) is 0 Å². The van der Waals surface area contributed by atoms with Gasteiger partial charge in [0.2, 0.25) is 0 Å². The summed E-state index contributed by atoms with van der Waals surface area (Å²) in [6.45, 7) is 6.12. The highest BCUT2D eigenvalue weighted by molar-refractivity contribution is 5.86. The largest absolute Gasteiger partial charge is 0.367 e. The van der Waals surface area contributed by atoms with E-state index in [9.17, 15) is 0 Å². The molecule has 1 rings (SSSR count). The minimum Gasteiger partial charge on any atom is -0.367 e. The van der Waals surface area contributed by atoms with Gasteiger partial charge in [-0.1, -0.05) is 0 Å². The first-order valence-corrected chi connectivity index (χ1v) is 4.83. The molecule has 13 heavy (non-hydrogen) atoms. The summed E-state index contributed by atoms with van der Waals surface area (Å²) >= 11 is 0. The molecule has 0 radical (unpaired) electrons. The first-order chi connectivity index (χ1) is 6.13. The van der Waals surface area contributed by atoms with Crippen LogP contribution >= 0.6 is 0 Å². The Morgan fingerprint density at radius 1 is 1.54 bits per heavy atom. The minimum atomic E-state index is 0.0717. The van der Waals surface area contributed by atoms with E-state index in [1.54, 1.807) is 0 Å². The number of amidine groups is 1. The van der Waals surface area contributed by atoms with Crippen LogP contribution in [0.3, 0.4) is 0 Å². The highest BCUT2D eigenvalue weighted by Gasteiger charge is 2.26. The predicted molar refractivity (Wildman–Crippen MR) is 53.5 cm³/mol. The molecule has 4 heteroatoms. The van der Waals surface area contributed by atoms with Crippen LogP contribution in [0.25, 0.3) is 0 Å². The number of hydrazine groups is 1. The Morgan fingerprint density at radius 2 is 2.23 bits per heavy atom. The third-order valence-electron chi connectivity index (χ3n) is 2.08. The summed E-state index contributed by atoms with van der Waals surface area (Å²) < 4.78 is 5.64. The number of rotatable bonds is 2. The Morgan fingerprint density at radius 3 is 2.62 bits per heavy atom. The molecule has 0 spiro atoms. The number of aliphatic imine (C=N–C) groups is 1. The highest BCUT2D eigenvalue weighted by Crippen LogP contribution is 2.19. The first kappa shape index (κ1) is 10.5. The molecule has 0 aromatic rings. The normalized spacial score (nSPS) is 29.8. The van der Waals surface area contributed by atoms with Gasteiger partial charge in [0.05, 0.1) is 6.10 Å². The molecule has 0 amide bonds. The monoisotopic (exact) mass is 185 g/mol. The van der Waals surface area contributed by atoms with Crippen LogP contribution in [0.5, 0.6) is 0 Å². The van der Waals surface area contributed by atoms with Gasteiger partial charge in [-0.3, -0.25) is 4.99 Å². The van der Waals surface area contributed by atoms with Crippen molar-refractivity contribution in [3.8, 4) is 0 Å². The zero-order chi connectivity index (χ0) is 9.84. The second kappa shape index (κ2) is 4.58. The first-order valence-electron chi connectivity index (χ1n) is 4.83. The summed E-state index contributed by atoms with van der Waals surface area (Å²) in [7, 11) is 0. The molecular weight excluding hydrogens is 166 g/mol. The van der Waals surface area contributed by atoms with Crippen molar-refractivity contribution < 1.29 is 4.74 Å². The van der Waals surface area contributed by atoms with Crippen molar-refractivity contribution in [2.45, 2.75) is 51.9 Å². The van der Waals surface area contributed by atoms with Crippen LogP contribution in [0.15, 0.2) is 4.99 Å². The van der Waals surface area contributed by atoms with E-state index in [-0.39, 0.29) is 12.1 Å². The van der Waals surface area contributed by atoms with Gasteiger partial charge in [0.15, 0.2) is 0 Å². The second-order valence-electron chi connectivity index (χ2n) is 3.77. The van der Waals surface area contributed by atoms with E-state index < -0.39 is 0 Å². The Labute approximate surface area is 79.5 Å². The zero-order valence-corrected chi connectivity index (χ0v) is 8.58. The predicted octanol–water partition coefficient (Wildman–Crippen LogP) is 0.824. The number of nitrogens with two attached hydrogens (primary N) is 1. The van der Waals surface area contributed by atoms with E-state index in [1.165, 1.54) is 0 Å². The van der Waals surface area contributed by atoms with E-state index in [0.717, 1.165) is 18.7 Å². The summed E-state index contributed by atoms with van der Waals surface area (Å²) in [6, 6.07) is 0.255. The quantitative estimate of drug-likeness (QED) is 0.290. The van der Waals surface area contributed by atoms with E-state index >= 15 is 0 Å². The van der Waals surface area contributed by atoms with E-state index in [2.05, 4.69) is 17.3 Å². The van der Waals surface area contributed by atoms with Gasteiger partial charge in [0.1, 0.15) is 11.9 Å². The number of ether oxygens (including phenoxy) is 1. The van der Waals surface area contributed by atoms with Gasteiger partial charge in [-0.25, -0.2) is 5.84 Å². The molecule has 1 fully saturated rings. The molecular formula is C9H19N3O. The van der Waals surface area contributed by atoms with Crippen molar-refractivity contribution in [2.24, 2.45) is 10.8 Å². The van der Waals surface area contributed by atoms with Crippen LogP contribution in [0.1, 0.15) is 33.6 Å². The van der Waals surface area contributed by atoms with Crippen LogP contribution in [0.4, 0.5) is 0 Å². The second-order valence-corrected chi connectivity index (χ2v) is 3.77. The lowest BCUT2D eigenvalue weighted by Gasteiger charge is -2.14. The van der Waals surface area contributed by atoms with Crippen molar-refractivity contribution in [2.75, 3.05) is 0 Å². The molecule has 0 saturated carbocycles. The lowest BCUT2D eigenvalue weighted by atomic mass is 10.2. The fourth-order valence-corrected chi connectivity index (χ4v) is 1.50. The Kier molecular flexibility index (Phi) is 3.69. The van der Waals surface area contributed by atoms with Crippen LogP contribution in [-0.4, -0.2) is 24.1 Å². The van der Waals surface area contributed by atoms with E-state index in [4.69, 9.17) is 10.6 Å². The molecule has 1 aliphatic heterocycles. The SMILES string of the molecule is CC(C)N=C(NN)C1CCC(C)O1. The molecule has 0 aromatic heterocycles. The van der Waals surface area contributed by atoms with Gasteiger partial charge >= 0.3 is 0 Å². The average molecular weight is 185 g/mol. The van der Waals surface area contributed by atoms with Gasteiger partial charge in [-0.15, -0.1) is 0 Å². The Balaban J connectivity index is 2.57. The summed E-state index contributed by atoms with van der Waals surface area (Å²) in [6.07, 6.45) is 2.50. The van der Waals surface area contributed by atoms with Crippen LogP contribution in [0, 0.1) is 0 Å².